The average Bonchev–Trinajstić information content (AvgIpc) is 2.77. The number of carbonyl (C=O) groups excluding carboxylic acids is 1. The Morgan fingerprint density at radius 1 is 1.09 bits per heavy atom. The zero-order valence-corrected chi connectivity index (χ0v) is 18.3. The Kier molecular flexibility index (Phi) is 7.75. The van der Waals surface area contributed by atoms with E-state index in [4.69, 9.17) is 9.15 Å². The Morgan fingerprint density at radius 3 is 2.45 bits per heavy atom. The number of rotatable bonds is 9. The molecule has 0 unspecified atom stereocenters. The van der Waals surface area contributed by atoms with Gasteiger partial charge in [0.1, 0.15) is 17.9 Å². The summed E-state index contributed by atoms with van der Waals surface area (Å²) in [6, 6.07) is 12.0. The monoisotopic (exact) mass is 463 g/mol. The summed E-state index contributed by atoms with van der Waals surface area (Å²) in [5, 5.41) is 3.56. The normalized spacial score (nSPS) is 11.5. The second-order valence-corrected chi connectivity index (χ2v) is 7.56. The van der Waals surface area contributed by atoms with E-state index >= 15 is 0 Å². The van der Waals surface area contributed by atoms with Crippen molar-refractivity contribution in [1.82, 2.24) is 5.32 Å². The van der Waals surface area contributed by atoms with Crippen LogP contribution < -0.4 is 15.7 Å². The van der Waals surface area contributed by atoms with Crippen LogP contribution in [-0.4, -0.2) is 25.8 Å². The minimum atomic E-state index is -4.36. The fourth-order valence-electron chi connectivity index (χ4n) is 3.36. The van der Waals surface area contributed by atoms with Crippen LogP contribution in [0.2, 0.25) is 0 Å². The molecule has 1 N–H and O–H groups in total. The Balaban J connectivity index is 1.52. The lowest BCUT2D eigenvalue weighted by molar-refractivity contribution is -0.176. The number of hydrogen-bond donors (Lipinski definition) is 1. The molecule has 2 aromatic carbocycles. The van der Waals surface area contributed by atoms with Crippen LogP contribution in [0, 0.1) is 6.92 Å². The molecule has 1 heterocycles. The molecule has 0 spiro atoms. The van der Waals surface area contributed by atoms with Crippen molar-refractivity contribution in [1.29, 1.82) is 0 Å². The van der Waals surface area contributed by atoms with Crippen LogP contribution in [0.15, 0.2) is 51.7 Å². The van der Waals surface area contributed by atoms with E-state index in [1.807, 2.05) is 13.0 Å². The number of alkyl halides is 3. The number of ether oxygens (including phenoxy) is 2. The first kappa shape index (κ1) is 24.3. The summed E-state index contributed by atoms with van der Waals surface area (Å²) >= 11 is 0. The van der Waals surface area contributed by atoms with Crippen LogP contribution >= 0.6 is 0 Å². The van der Waals surface area contributed by atoms with Crippen LogP contribution in [0.1, 0.15) is 28.7 Å². The second-order valence-electron chi connectivity index (χ2n) is 7.56. The maximum atomic E-state index is 12.4. The van der Waals surface area contributed by atoms with E-state index in [1.165, 1.54) is 7.11 Å². The van der Waals surface area contributed by atoms with Crippen molar-refractivity contribution >= 4 is 16.9 Å². The standard InChI is InChI=1S/C24H24F3NO5/c1-15-19-8-7-18(31-2)11-21(19)33-23(30)20(15)9-10-22(29)28-12-16-3-5-17(6-4-16)13-32-14-24(25,26)27/h3-8,11H,9-10,12-14H2,1-2H3,(H,28,29). The summed E-state index contributed by atoms with van der Waals surface area (Å²) in [7, 11) is 1.53. The molecule has 1 aromatic heterocycles. The van der Waals surface area contributed by atoms with Crippen molar-refractivity contribution in [3.63, 3.8) is 0 Å². The molecule has 0 atom stereocenters. The van der Waals surface area contributed by atoms with Crippen LogP contribution in [0.3, 0.4) is 0 Å². The predicted molar refractivity (Wildman–Crippen MR) is 116 cm³/mol. The molecule has 0 radical (unpaired) electrons. The zero-order chi connectivity index (χ0) is 24.0. The second kappa shape index (κ2) is 10.5. The van der Waals surface area contributed by atoms with Gasteiger partial charge in [-0.2, -0.15) is 13.2 Å². The van der Waals surface area contributed by atoms with E-state index in [1.54, 1.807) is 36.4 Å². The molecule has 0 aliphatic carbocycles. The molecule has 6 nitrogen and oxygen atoms in total. The molecule has 3 rings (SSSR count). The van der Waals surface area contributed by atoms with E-state index in [0.717, 1.165) is 16.5 Å². The molecule has 0 saturated heterocycles. The highest BCUT2D eigenvalue weighted by Gasteiger charge is 2.27. The van der Waals surface area contributed by atoms with Crippen LogP contribution in [0.5, 0.6) is 5.75 Å². The Morgan fingerprint density at radius 2 is 1.79 bits per heavy atom. The number of aryl methyl sites for hydroxylation is 1. The third-order valence-electron chi connectivity index (χ3n) is 5.14. The van der Waals surface area contributed by atoms with E-state index in [2.05, 4.69) is 10.1 Å². The largest absolute Gasteiger partial charge is 0.497 e. The van der Waals surface area contributed by atoms with Crippen LogP contribution in [0.4, 0.5) is 13.2 Å². The molecule has 9 heteroatoms. The summed E-state index contributed by atoms with van der Waals surface area (Å²) in [6.45, 7) is 0.632. The Hall–Kier alpha value is -3.33. The average molecular weight is 463 g/mol. The van der Waals surface area contributed by atoms with Gasteiger partial charge in [-0.25, -0.2) is 4.79 Å². The molecular weight excluding hydrogens is 439 g/mol. The molecule has 0 aliphatic rings. The first-order valence-electron chi connectivity index (χ1n) is 10.3. The minimum Gasteiger partial charge on any atom is -0.497 e. The SMILES string of the molecule is COc1ccc2c(C)c(CCC(=O)NCc3ccc(COCC(F)(F)F)cc3)c(=O)oc2c1. The smallest absolute Gasteiger partial charge is 0.411 e. The maximum absolute atomic E-state index is 12.4. The van der Waals surface area contributed by atoms with Gasteiger partial charge >= 0.3 is 11.8 Å². The summed E-state index contributed by atoms with van der Waals surface area (Å²) in [5.41, 5.74) is 2.55. The summed E-state index contributed by atoms with van der Waals surface area (Å²) < 4.78 is 51.5. The number of amides is 1. The molecule has 0 saturated carbocycles. The number of hydrogen-bond acceptors (Lipinski definition) is 5. The van der Waals surface area contributed by atoms with Crippen molar-refractivity contribution in [2.75, 3.05) is 13.7 Å². The van der Waals surface area contributed by atoms with Crippen molar-refractivity contribution in [2.24, 2.45) is 0 Å². The number of nitrogens with one attached hydrogen (secondary N) is 1. The Labute approximate surface area is 188 Å². The van der Waals surface area contributed by atoms with Gasteiger partial charge in [0.15, 0.2) is 0 Å². The first-order chi connectivity index (χ1) is 15.7. The third kappa shape index (κ3) is 6.82. The molecular formula is C24H24F3NO5. The number of fused-ring (bicyclic) bond motifs is 1. The highest BCUT2D eigenvalue weighted by atomic mass is 19.4. The number of halogens is 3. The van der Waals surface area contributed by atoms with Crippen molar-refractivity contribution in [3.05, 3.63) is 75.1 Å². The van der Waals surface area contributed by atoms with Crippen LogP contribution in [-0.2, 0) is 29.1 Å². The minimum absolute atomic E-state index is 0.108. The molecule has 3 aromatic rings. The lowest BCUT2D eigenvalue weighted by atomic mass is 10.0. The van der Waals surface area contributed by atoms with E-state index in [9.17, 15) is 22.8 Å². The van der Waals surface area contributed by atoms with E-state index < -0.39 is 18.4 Å². The lowest BCUT2D eigenvalue weighted by Crippen LogP contribution is -2.24. The number of carbonyl (C=O) groups is 1. The molecule has 0 bridgehead atoms. The van der Waals surface area contributed by atoms with Crippen LogP contribution in [0.25, 0.3) is 11.0 Å². The van der Waals surface area contributed by atoms with Crippen molar-refractivity contribution < 1.29 is 31.9 Å². The van der Waals surface area contributed by atoms with Gasteiger partial charge in [-0.1, -0.05) is 24.3 Å². The number of methoxy groups -OCH3 is 1. The molecule has 176 valence electrons. The van der Waals surface area contributed by atoms with Crippen molar-refractivity contribution in [3.8, 4) is 5.75 Å². The summed E-state index contributed by atoms with van der Waals surface area (Å²) in [4.78, 5) is 24.7. The molecule has 33 heavy (non-hydrogen) atoms. The molecule has 0 aliphatic heterocycles. The lowest BCUT2D eigenvalue weighted by Gasteiger charge is -2.10. The zero-order valence-electron chi connectivity index (χ0n) is 18.3. The predicted octanol–water partition coefficient (Wildman–Crippen LogP) is 4.44. The fraction of sp³-hybridized carbons (Fsp3) is 0.333. The first-order valence-corrected chi connectivity index (χ1v) is 10.3. The van der Waals surface area contributed by atoms with E-state index in [0.29, 0.717) is 22.5 Å². The maximum Gasteiger partial charge on any atom is 0.411 e. The molecule has 0 fully saturated rings. The highest BCUT2D eigenvalue weighted by molar-refractivity contribution is 5.82. The van der Waals surface area contributed by atoms with Gasteiger partial charge in [0.25, 0.3) is 0 Å². The van der Waals surface area contributed by atoms with Gasteiger partial charge in [-0.3, -0.25) is 4.79 Å². The third-order valence-corrected chi connectivity index (χ3v) is 5.14. The summed E-state index contributed by atoms with van der Waals surface area (Å²) in [5.74, 6) is 0.347. The van der Waals surface area contributed by atoms with Gasteiger partial charge in [0.2, 0.25) is 5.91 Å². The molecule has 1 amide bonds. The van der Waals surface area contributed by atoms with Gasteiger partial charge in [-0.05, 0) is 42.2 Å². The fourth-order valence-corrected chi connectivity index (χ4v) is 3.36. The van der Waals surface area contributed by atoms with Gasteiger partial charge < -0.3 is 19.2 Å². The topological polar surface area (TPSA) is 77.8 Å². The van der Waals surface area contributed by atoms with Gasteiger partial charge in [0.05, 0.1) is 13.7 Å². The Bertz CT molecular complexity index is 1170. The van der Waals surface area contributed by atoms with Gasteiger partial charge in [0, 0.05) is 30.0 Å². The van der Waals surface area contributed by atoms with E-state index in [-0.39, 0.29) is 31.9 Å². The van der Waals surface area contributed by atoms with Gasteiger partial charge in [-0.15, -0.1) is 0 Å². The summed E-state index contributed by atoms with van der Waals surface area (Å²) in [6.07, 6.45) is -4.02. The highest BCUT2D eigenvalue weighted by Crippen LogP contribution is 2.24. The van der Waals surface area contributed by atoms with Crippen molar-refractivity contribution in [2.45, 2.75) is 39.1 Å². The number of benzene rings is 2. The quantitative estimate of drug-likeness (QED) is 0.475.